The molecule has 4 rings (SSSR count). The maximum absolute atomic E-state index is 13.8. The molecule has 33 heavy (non-hydrogen) atoms. The lowest BCUT2D eigenvalue weighted by molar-refractivity contribution is -0.120. The minimum Gasteiger partial charge on any atom is -0.395 e. The molecule has 0 aromatic heterocycles. The molecule has 2 aliphatic heterocycles. The summed E-state index contributed by atoms with van der Waals surface area (Å²) in [4.78, 5) is 35.0. The summed E-state index contributed by atoms with van der Waals surface area (Å²) < 4.78 is 0. The van der Waals surface area contributed by atoms with Gasteiger partial charge in [0.05, 0.1) is 17.9 Å². The van der Waals surface area contributed by atoms with Crippen LogP contribution in [0.2, 0.25) is 0 Å². The van der Waals surface area contributed by atoms with Crippen molar-refractivity contribution in [1.29, 1.82) is 0 Å². The second-order valence-corrected chi connectivity index (χ2v) is 8.93. The lowest BCUT2D eigenvalue weighted by Gasteiger charge is -2.36. The Labute approximate surface area is 195 Å². The predicted octanol–water partition coefficient (Wildman–Crippen LogP) is 2.26. The lowest BCUT2D eigenvalue weighted by atomic mass is 9.99. The fourth-order valence-corrected chi connectivity index (χ4v) is 4.45. The van der Waals surface area contributed by atoms with E-state index >= 15 is 0 Å². The molecule has 0 atom stereocenters. The first-order chi connectivity index (χ1) is 15.8. The van der Waals surface area contributed by atoms with Gasteiger partial charge in [-0.1, -0.05) is 24.3 Å². The Morgan fingerprint density at radius 2 is 1.64 bits per heavy atom. The van der Waals surface area contributed by atoms with Gasteiger partial charge in [0.15, 0.2) is 0 Å². The largest absolute Gasteiger partial charge is 0.395 e. The number of benzene rings is 2. The smallest absolute Gasteiger partial charge is 0.282 e. The average molecular weight is 449 g/mol. The summed E-state index contributed by atoms with van der Waals surface area (Å²) in [6.45, 7) is 7.53. The fraction of sp³-hybridized carbons (Fsp3) is 0.385. The molecule has 1 N–H and O–H groups in total. The summed E-state index contributed by atoms with van der Waals surface area (Å²) in [5.74, 6) is -0.563. The fourth-order valence-electron chi connectivity index (χ4n) is 4.45. The molecule has 0 unspecified atom stereocenters. The van der Waals surface area contributed by atoms with Crippen LogP contribution < -0.4 is 9.80 Å². The van der Waals surface area contributed by atoms with Crippen molar-refractivity contribution >= 4 is 28.8 Å². The van der Waals surface area contributed by atoms with Gasteiger partial charge >= 0.3 is 0 Å². The lowest BCUT2D eigenvalue weighted by Crippen LogP contribution is -2.48. The first kappa shape index (κ1) is 23.0. The summed E-state index contributed by atoms with van der Waals surface area (Å²) in [6.07, 6.45) is 0. The Morgan fingerprint density at radius 3 is 2.27 bits per heavy atom. The van der Waals surface area contributed by atoms with Gasteiger partial charge < -0.3 is 14.9 Å². The molecular weight excluding hydrogens is 416 g/mol. The number of anilines is 2. The number of rotatable bonds is 6. The van der Waals surface area contributed by atoms with Gasteiger partial charge in [-0.2, -0.15) is 0 Å². The zero-order valence-electron chi connectivity index (χ0n) is 19.8. The number of aliphatic hydroxyl groups is 1. The number of carbonyl (C=O) groups is 2. The maximum Gasteiger partial charge on any atom is 0.282 e. The number of hydrogen-bond donors (Lipinski definition) is 1. The minimum absolute atomic E-state index is 0.115. The number of piperazine rings is 1. The predicted molar refractivity (Wildman–Crippen MR) is 131 cm³/mol. The van der Waals surface area contributed by atoms with Crippen LogP contribution in [0.25, 0.3) is 5.57 Å². The van der Waals surface area contributed by atoms with Crippen LogP contribution in [-0.2, 0) is 9.59 Å². The quantitative estimate of drug-likeness (QED) is 0.684. The zero-order chi connectivity index (χ0) is 23.7. The molecule has 1 fully saturated rings. The molecule has 0 radical (unpaired) electrons. The Hall–Kier alpha value is -3.16. The summed E-state index contributed by atoms with van der Waals surface area (Å²) in [6, 6.07) is 13.4. The summed E-state index contributed by atoms with van der Waals surface area (Å²) in [5.41, 5.74) is 5.44. The molecule has 0 aliphatic carbocycles. The number of nitrogens with zero attached hydrogens (tertiary/aromatic N) is 4. The third-order valence-electron chi connectivity index (χ3n) is 6.56. The highest BCUT2D eigenvalue weighted by molar-refractivity contribution is 6.45. The molecule has 2 heterocycles. The van der Waals surface area contributed by atoms with Crippen LogP contribution in [0.15, 0.2) is 48.2 Å². The number of aliphatic hydroxyl groups excluding tert-OH is 1. The molecule has 0 saturated carbocycles. The van der Waals surface area contributed by atoms with Crippen molar-refractivity contribution in [2.24, 2.45) is 0 Å². The van der Waals surface area contributed by atoms with E-state index in [1.807, 2.05) is 80.2 Å². The summed E-state index contributed by atoms with van der Waals surface area (Å²) in [5, 5.41) is 9.26. The number of imide groups is 1. The third-order valence-corrected chi connectivity index (χ3v) is 6.56. The highest BCUT2D eigenvalue weighted by Gasteiger charge is 2.43. The van der Waals surface area contributed by atoms with E-state index in [1.165, 1.54) is 4.90 Å². The summed E-state index contributed by atoms with van der Waals surface area (Å²) >= 11 is 0. The number of hydrogen-bond acceptors (Lipinski definition) is 6. The highest BCUT2D eigenvalue weighted by Crippen LogP contribution is 2.36. The van der Waals surface area contributed by atoms with E-state index in [-0.39, 0.29) is 18.4 Å². The van der Waals surface area contributed by atoms with Crippen LogP contribution in [0.4, 0.5) is 11.4 Å². The monoisotopic (exact) mass is 448 g/mol. The highest BCUT2D eigenvalue weighted by atomic mass is 16.3. The Morgan fingerprint density at radius 1 is 0.909 bits per heavy atom. The van der Waals surface area contributed by atoms with Crippen molar-refractivity contribution in [3.05, 3.63) is 64.9 Å². The van der Waals surface area contributed by atoms with Gasteiger partial charge in [-0.25, -0.2) is 4.90 Å². The second kappa shape index (κ2) is 9.37. The van der Waals surface area contributed by atoms with Crippen LogP contribution in [0, 0.1) is 13.8 Å². The van der Waals surface area contributed by atoms with Gasteiger partial charge in [-0.05, 0) is 48.7 Å². The molecule has 0 spiro atoms. The summed E-state index contributed by atoms with van der Waals surface area (Å²) in [7, 11) is 3.87. The van der Waals surface area contributed by atoms with Crippen molar-refractivity contribution in [3.63, 3.8) is 0 Å². The van der Waals surface area contributed by atoms with E-state index in [2.05, 4.69) is 4.90 Å². The molecule has 174 valence electrons. The molecule has 0 bridgehead atoms. The van der Waals surface area contributed by atoms with Crippen molar-refractivity contribution in [2.45, 2.75) is 13.8 Å². The van der Waals surface area contributed by atoms with Gasteiger partial charge in [-0.15, -0.1) is 0 Å². The minimum atomic E-state index is -0.285. The Bertz CT molecular complexity index is 1100. The molecular formula is C26H32N4O3. The van der Waals surface area contributed by atoms with E-state index in [9.17, 15) is 14.7 Å². The van der Waals surface area contributed by atoms with E-state index in [4.69, 9.17) is 0 Å². The number of aryl methyl sites for hydroxylation is 2. The molecule has 1 saturated heterocycles. The molecule has 2 aliphatic rings. The van der Waals surface area contributed by atoms with E-state index in [1.54, 1.807) is 0 Å². The molecule has 7 heteroatoms. The molecule has 7 nitrogen and oxygen atoms in total. The average Bonchev–Trinajstić information content (AvgIpc) is 3.06. The van der Waals surface area contributed by atoms with Crippen LogP contribution in [0.1, 0.15) is 16.7 Å². The van der Waals surface area contributed by atoms with Crippen molar-refractivity contribution in [1.82, 2.24) is 9.80 Å². The number of β-amino-alcohol motifs (C(OH)–C–C–N with tert-alkyl or cyclic N) is 1. The second-order valence-electron chi connectivity index (χ2n) is 8.93. The van der Waals surface area contributed by atoms with Gasteiger partial charge in [0.25, 0.3) is 11.8 Å². The first-order valence-electron chi connectivity index (χ1n) is 11.4. The van der Waals surface area contributed by atoms with Gasteiger partial charge in [-0.3, -0.25) is 14.5 Å². The number of carbonyl (C=O) groups excluding carboxylic acids is 2. The van der Waals surface area contributed by atoms with Crippen LogP contribution in [0.3, 0.4) is 0 Å². The van der Waals surface area contributed by atoms with E-state index in [0.29, 0.717) is 36.6 Å². The van der Waals surface area contributed by atoms with Crippen LogP contribution >= 0.6 is 0 Å². The van der Waals surface area contributed by atoms with E-state index in [0.717, 1.165) is 35.5 Å². The molecule has 2 amide bonds. The third kappa shape index (κ3) is 4.38. The zero-order valence-corrected chi connectivity index (χ0v) is 19.8. The standard InChI is InChI=1S/C26H32N4O3/c1-18-8-9-20(16-19(18)2)23-24(29-12-10-28(11-13-29)14-15-31)26(33)30(25(23)32)22-7-5-6-21(17-22)27(3)4/h5-9,16-17,31H,10-15H2,1-4H3. The van der Waals surface area contributed by atoms with Crippen molar-refractivity contribution < 1.29 is 14.7 Å². The van der Waals surface area contributed by atoms with Crippen LogP contribution in [-0.4, -0.2) is 80.1 Å². The van der Waals surface area contributed by atoms with Crippen molar-refractivity contribution in [3.8, 4) is 0 Å². The molecule has 2 aromatic carbocycles. The van der Waals surface area contributed by atoms with Gasteiger partial charge in [0.2, 0.25) is 0 Å². The molecule has 2 aromatic rings. The maximum atomic E-state index is 13.8. The Kier molecular flexibility index (Phi) is 6.54. The first-order valence-corrected chi connectivity index (χ1v) is 11.4. The SMILES string of the molecule is Cc1ccc(C2=C(N3CCN(CCO)CC3)C(=O)N(c3cccc(N(C)C)c3)C2=O)cc1C. The van der Waals surface area contributed by atoms with Crippen molar-refractivity contribution in [2.75, 3.05) is 63.2 Å². The topological polar surface area (TPSA) is 67.3 Å². The van der Waals surface area contributed by atoms with Crippen LogP contribution in [0.5, 0.6) is 0 Å². The van der Waals surface area contributed by atoms with E-state index < -0.39 is 0 Å². The number of amides is 2. The van der Waals surface area contributed by atoms with Gasteiger partial charge in [0.1, 0.15) is 5.70 Å². The Balaban J connectivity index is 1.77. The normalized spacial score (nSPS) is 17.4. The van der Waals surface area contributed by atoms with Gasteiger partial charge in [0, 0.05) is 52.5 Å².